The monoisotopic (exact) mass is 357 g/mol. The lowest BCUT2D eigenvalue weighted by Crippen LogP contribution is -3.21. The molecule has 1 fully saturated rings. The van der Waals surface area contributed by atoms with E-state index >= 15 is 0 Å². The Morgan fingerprint density at radius 2 is 1.43 bits per heavy atom. The van der Waals surface area contributed by atoms with Gasteiger partial charge in [-0.15, -0.1) is 0 Å². The third kappa shape index (κ3) is 3.69. The number of nitrogens with one attached hydrogen (secondary N) is 2. The Bertz CT molecular complexity index is 423. The Morgan fingerprint density at radius 1 is 0.957 bits per heavy atom. The highest BCUT2D eigenvalue weighted by Gasteiger charge is 2.79. The lowest BCUT2D eigenvalue weighted by atomic mass is 9.99. The van der Waals surface area contributed by atoms with E-state index in [1.807, 2.05) is 0 Å². The highest BCUT2D eigenvalue weighted by atomic mass is 19.4. The van der Waals surface area contributed by atoms with E-state index in [2.05, 4.69) is 0 Å². The molecule has 0 aromatic carbocycles. The summed E-state index contributed by atoms with van der Waals surface area (Å²) in [5.74, 6) is -19.3. The van der Waals surface area contributed by atoms with Gasteiger partial charge < -0.3 is 10.2 Å². The molecule has 1 rings (SSSR count). The van der Waals surface area contributed by atoms with E-state index in [-0.39, 0.29) is 18.0 Å². The van der Waals surface area contributed by atoms with Crippen LogP contribution in [0.2, 0.25) is 0 Å². The molecule has 1 amide bonds. The molecule has 136 valence electrons. The van der Waals surface area contributed by atoms with Gasteiger partial charge >= 0.3 is 24.2 Å². The van der Waals surface area contributed by atoms with Crippen LogP contribution in [0.15, 0.2) is 0 Å². The summed E-state index contributed by atoms with van der Waals surface area (Å²) in [6.07, 6.45) is -6.35. The van der Waals surface area contributed by atoms with Gasteiger partial charge in [0.15, 0.2) is 0 Å². The first-order valence-electron chi connectivity index (χ1n) is 6.89. The number of quaternary nitrogens is 1. The number of hydrogen-bond acceptors (Lipinski definition) is 1. The minimum Gasteiger partial charge on any atom is -0.310 e. The second kappa shape index (κ2) is 6.78. The molecule has 0 radical (unpaired) electrons. The van der Waals surface area contributed by atoms with Crippen LogP contribution in [0.5, 0.6) is 0 Å². The number of alkyl halides is 8. The molecule has 0 aromatic rings. The zero-order valence-electron chi connectivity index (χ0n) is 12.1. The molecule has 0 bridgehead atoms. The Labute approximate surface area is 127 Å². The summed E-state index contributed by atoms with van der Waals surface area (Å²) in [6, 6.07) is 0. The molecule has 0 unspecified atom stereocenters. The molecule has 11 heteroatoms. The van der Waals surface area contributed by atoms with Crippen molar-refractivity contribution in [2.24, 2.45) is 0 Å². The highest BCUT2D eigenvalue weighted by Crippen LogP contribution is 2.49. The SMILES string of the molecule is CC(=O)N[C@H]([NH+]1CCCCC1)C(F)(F)C(F)(F)C(F)(F)C(F)F. The van der Waals surface area contributed by atoms with E-state index in [0.29, 0.717) is 19.3 Å². The number of amides is 1. The first-order chi connectivity index (χ1) is 10.4. The van der Waals surface area contributed by atoms with Gasteiger partial charge in [0.25, 0.3) is 0 Å². The van der Waals surface area contributed by atoms with Crippen LogP contribution in [0.25, 0.3) is 0 Å². The quantitative estimate of drug-likeness (QED) is 0.697. The van der Waals surface area contributed by atoms with Crippen molar-refractivity contribution in [2.45, 2.75) is 56.5 Å². The molecule has 2 N–H and O–H groups in total. The molecule has 3 nitrogen and oxygen atoms in total. The maximum Gasteiger partial charge on any atom is 0.386 e. The average Bonchev–Trinajstić information content (AvgIpc) is 2.44. The largest absolute Gasteiger partial charge is 0.386 e. The van der Waals surface area contributed by atoms with Crippen LogP contribution in [-0.2, 0) is 4.79 Å². The number of piperidine rings is 1. The van der Waals surface area contributed by atoms with Gasteiger partial charge in [0, 0.05) is 6.92 Å². The standard InChI is InChI=1S/C12H16F8N2O/c1-7(23)21-9(22-5-3-2-4-6-22)11(17,18)12(19,20)10(15,16)8(13)14/h8-9H,2-6H2,1H3,(H,21,23)/p+1/t9-/m1/s1. The molecule has 1 heterocycles. The number of carbonyl (C=O) groups is 1. The second-order valence-electron chi connectivity index (χ2n) is 5.47. The Hall–Kier alpha value is -1.13. The van der Waals surface area contributed by atoms with Crippen LogP contribution in [0.4, 0.5) is 35.1 Å². The predicted octanol–water partition coefficient (Wildman–Crippen LogP) is 1.69. The lowest BCUT2D eigenvalue weighted by Gasteiger charge is -2.40. The van der Waals surface area contributed by atoms with Gasteiger partial charge in [0.05, 0.1) is 13.1 Å². The number of hydrogen-bond donors (Lipinski definition) is 2. The average molecular weight is 357 g/mol. The van der Waals surface area contributed by atoms with Crippen molar-refractivity contribution in [1.82, 2.24) is 5.32 Å². The first kappa shape index (κ1) is 19.9. The number of likely N-dealkylation sites (tertiary alicyclic amines) is 1. The van der Waals surface area contributed by atoms with Crippen molar-refractivity contribution < 1.29 is 44.8 Å². The van der Waals surface area contributed by atoms with Gasteiger partial charge in [-0.05, 0) is 19.3 Å². The van der Waals surface area contributed by atoms with Crippen molar-refractivity contribution in [3.05, 3.63) is 0 Å². The van der Waals surface area contributed by atoms with Gasteiger partial charge in [-0.3, -0.25) is 4.79 Å². The molecule has 23 heavy (non-hydrogen) atoms. The Morgan fingerprint density at radius 3 is 1.83 bits per heavy atom. The van der Waals surface area contributed by atoms with Crippen molar-refractivity contribution in [1.29, 1.82) is 0 Å². The maximum atomic E-state index is 14.1. The lowest BCUT2D eigenvalue weighted by molar-refractivity contribution is -0.943. The van der Waals surface area contributed by atoms with Gasteiger partial charge in [-0.25, -0.2) is 8.78 Å². The van der Waals surface area contributed by atoms with Gasteiger partial charge in [0.2, 0.25) is 12.1 Å². The van der Waals surface area contributed by atoms with Crippen LogP contribution in [0, 0.1) is 0 Å². The first-order valence-corrected chi connectivity index (χ1v) is 6.89. The molecule has 0 saturated carbocycles. The van der Waals surface area contributed by atoms with Gasteiger partial charge in [-0.1, -0.05) is 0 Å². The summed E-state index contributed by atoms with van der Waals surface area (Å²) < 4.78 is 105. The summed E-state index contributed by atoms with van der Waals surface area (Å²) in [4.78, 5) is 10.8. The van der Waals surface area contributed by atoms with Crippen LogP contribution in [-0.4, -0.2) is 49.4 Å². The normalized spacial score (nSPS) is 19.7. The van der Waals surface area contributed by atoms with Crippen molar-refractivity contribution in [3.8, 4) is 0 Å². The minimum absolute atomic E-state index is 0.0726. The van der Waals surface area contributed by atoms with Gasteiger partial charge in [-0.2, -0.15) is 26.3 Å². The smallest absolute Gasteiger partial charge is 0.310 e. The van der Waals surface area contributed by atoms with E-state index in [9.17, 15) is 39.9 Å². The molecule has 0 spiro atoms. The van der Waals surface area contributed by atoms with E-state index in [4.69, 9.17) is 0 Å². The van der Waals surface area contributed by atoms with E-state index < -0.39 is 36.3 Å². The summed E-state index contributed by atoms with van der Waals surface area (Å²) >= 11 is 0. The minimum atomic E-state index is -6.33. The van der Waals surface area contributed by atoms with Crippen LogP contribution in [0.1, 0.15) is 26.2 Å². The van der Waals surface area contributed by atoms with Crippen LogP contribution < -0.4 is 10.2 Å². The molecule has 0 aromatic heterocycles. The fourth-order valence-corrected chi connectivity index (χ4v) is 2.49. The molecule has 1 aliphatic rings. The molecular weight excluding hydrogens is 340 g/mol. The highest BCUT2D eigenvalue weighted by molar-refractivity contribution is 5.73. The summed E-state index contributed by atoms with van der Waals surface area (Å²) in [7, 11) is 0. The molecule has 1 atom stereocenters. The van der Waals surface area contributed by atoms with Crippen molar-refractivity contribution >= 4 is 5.91 Å². The van der Waals surface area contributed by atoms with E-state index in [1.165, 1.54) is 5.32 Å². The van der Waals surface area contributed by atoms with E-state index in [0.717, 1.165) is 6.92 Å². The predicted molar refractivity (Wildman–Crippen MR) is 63.0 cm³/mol. The zero-order valence-corrected chi connectivity index (χ0v) is 12.1. The van der Waals surface area contributed by atoms with Crippen molar-refractivity contribution in [3.63, 3.8) is 0 Å². The third-order valence-corrected chi connectivity index (χ3v) is 3.73. The van der Waals surface area contributed by atoms with Crippen LogP contribution in [0.3, 0.4) is 0 Å². The number of rotatable bonds is 6. The maximum absolute atomic E-state index is 14.1. The Kier molecular flexibility index (Phi) is 5.87. The number of carbonyl (C=O) groups excluding carboxylic acids is 1. The topological polar surface area (TPSA) is 33.5 Å². The zero-order chi connectivity index (χ0) is 18.1. The fraction of sp³-hybridized carbons (Fsp3) is 0.917. The molecule has 1 aliphatic heterocycles. The van der Waals surface area contributed by atoms with Crippen molar-refractivity contribution in [2.75, 3.05) is 13.1 Å². The molecule has 0 aliphatic carbocycles. The summed E-state index contributed by atoms with van der Waals surface area (Å²) in [6.45, 7) is 0.601. The van der Waals surface area contributed by atoms with Gasteiger partial charge in [0.1, 0.15) is 0 Å². The second-order valence-corrected chi connectivity index (χ2v) is 5.47. The summed E-state index contributed by atoms with van der Waals surface area (Å²) in [5.41, 5.74) is 0. The summed E-state index contributed by atoms with van der Waals surface area (Å²) in [5, 5.41) is 1.52. The third-order valence-electron chi connectivity index (χ3n) is 3.73. The van der Waals surface area contributed by atoms with E-state index in [1.54, 1.807) is 0 Å². The number of halogens is 8. The van der Waals surface area contributed by atoms with Crippen LogP contribution >= 0.6 is 0 Å². The fourth-order valence-electron chi connectivity index (χ4n) is 2.49. The molecular formula is C12H17F8N2O+. The molecule has 1 saturated heterocycles. The Balaban J connectivity index is 3.22.